The molecule has 1 aliphatic rings. The maximum Gasteiger partial charge on any atom is 0.673 e. The number of aliphatic imine (C=N–C) groups is 1. The van der Waals surface area contributed by atoms with Gasteiger partial charge in [-0.1, -0.05) is 6.08 Å². The Hall–Kier alpha value is -1.11. The molecular weight excluding hydrogens is 235 g/mol. The van der Waals surface area contributed by atoms with Gasteiger partial charge in [-0.3, -0.25) is 4.90 Å². The molecule has 0 spiro atoms. The van der Waals surface area contributed by atoms with Crippen LogP contribution in [0.15, 0.2) is 30.0 Å². The lowest BCUT2D eigenvalue weighted by Gasteiger charge is -2.03. The summed E-state index contributed by atoms with van der Waals surface area (Å²) in [5, 5.41) is 0. The summed E-state index contributed by atoms with van der Waals surface area (Å²) in [6.45, 7) is 4.88. The van der Waals surface area contributed by atoms with Crippen molar-refractivity contribution < 1.29 is 22.2 Å². The third-order valence-electron chi connectivity index (χ3n) is 1.99. The molecule has 1 aliphatic heterocycles. The highest BCUT2D eigenvalue weighted by atomic mass is 19.5. The van der Waals surface area contributed by atoms with Crippen LogP contribution in [-0.2, 0) is 0 Å². The first-order valence-corrected chi connectivity index (χ1v) is 5.47. The number of nitrogens with one attached hydrogen (secondary N) is 1. The van der Waals surface area contributed by atoms with E-state index in [1.54, 1.807) is 0 Å². The Kier molecular flexibility index (Phi) is 8.40. The Morgan fingerprint density at radius 3 is 2.29 bits per heavy atom. The van der Waals surface area contributed by atoms with Gasteiger partial charge in [0.1, 0.15) is 6.20 Å². The number of hydrogen-bond donors (Lipinski definition) is 1. The number of hydrogen-bond acceptors (Lipinski definition) is 1. The molecule has 0 bridgehead atoms. The van der Waals surface area contributed by atoms with Gasteiger partial charge in [0, 0.05) is 0 Å². The van der Waals surface area contributed by atoms with Crippen LogP contribution in [0.25, 0.3) is 0 Å². The molecule has 98 valence electrons. The smallest absolute Gasteiger partial charge is 0.418 e. The molecule has 1 heterocycles. The van der Waals surface area contributed by atoms with Gasteiger partial charge >= 0.3 is 7.25 Å². The van der Waals surface area contributed by atoms with Gasteiger partial charge < -0.3 is 17.3 Å². The molecule has 0 saturated carbocycles. The normalized spacial score (nSPS) is 17.8. The van der Waals surface area contributed by atoms with Crippen LogP contribution in [0.4, 0.5) is 17.3 Å². The van der Waals surface area contributed by atoms with Crippen LogP contribution in [0.2, 0.25) is 0 Å². The maximum atomic E-state index is 9.75. The Morgan fingerprint density at radius 1 is 1.18 bits per heavy atom. The fraction of sp³-hybridized carbons (Fsp3) is 0.500. The van der Waals surface area contributed by atoms with Gasteiger partial charge in [0.25, 0.3) is 0 Å². The number of unbranched alkanes of at least 4 members (excludes halogenated alkanes) is 3. The zero-order chi connectivity index (χ0) is 13.1. The quantitative estimate of drug-likeness (QED) is 0.323. The van der Waals surface area contributed by atoms with Crippen molar-refractivity contribution in [3.05, 3.63) is 25.1 Å². The summed E-state index contributed by atoms with van der Waals surface area (Å²) in [5.41, 5.74) is 0. The number of halogens is 4. The molecule has 0 aromatic carbocycles. The summed E-state index contributed by atoms with van der Waals surface area (Å²) >= 11 is 0. The minimum Gasteiger partial charge on any atom is -0.418 e. The second-order valence-corrected chi connectivity index (χ2v) is 3.55. The second-order valence-electron chi connectivity index (χ2n) is 3.55. The first kappa shape index (κ1) is 15.9. The van der Waals surface area contributed by atoms with Crippen molar-refractivity contribution in [1.29, 1.82) is 0 Å². The number of quaternary nitrogens is 1. The van der Waals surface area contributed by atoms with Crippen molar-refractivity contribution in [2.75, 3.05) is 6.54 Å². The number of nitrogens with zero attached hydrogens (tertiary/aromatic N) is 1. The summed E-state index contributed by atoms with van der Waals surface area (Å²) in [7, 11) is -6.00. The molecule has 7 heteroatoms. The predicted molar refractivity (Wildman–Crippen MR) is 62.3 cm³/mol. The van der Waals surface area contributed by atoms with Crippen molar-refractivity contribution >= 4 is 13.6 Å². The van der Waals surface area contributed by atoms with Gasteiger partial charge in [-0.15, -0.1) is 6.58 Å². The molecule has 0 aromatic heterocycles. The molecule has 1 atom stereocenters. The van der Waals surface area contributed by atoms with E-state index >= 15 is 0 Å². The zero-order valence-corrected chi connectivity index (χ0v) is 9.59. The Morgan fingerprint density at radius 2 is 1.82 bits per heavy atom. The van der Waals surface area contributed by atoms with E-state index in [4.69, 9.17) is 0 Å². The summed E-state index contributed by atoms with van der Waals surface area (Å²) in [6.07, 6.45) is 12.9. The SMILES string of the molecule is C=CCCCCC[NH+]1C=CN=C1.F[B-](F)(F)F. The molecule has 17 heavy (non-hydrogen) atoms. The van der Waals surface area contributed by atoms with Crippen LogP contribution in [0.1, 0.15) is 25.7 Å². The minimum atomic E-state index is -6.00. The minimum absolute atomic E-state index is 1.15. The monoisotopic (exact) mass is 252 g/mol. The van der Waals surface area contributed by atoms with Crippen molar-refractivity contribution in [2.24, 2.45) is 4.99 Å². The van der Waals surface area contributed by atoms with Crippen molar-refractivity contribution in [1.82, 2.24) is 0 Å². The Labute approximate surface area is 98.8 Å². The number of allylic oxidation sites excluding steroid dienone is 1. The van der Waals surface area contributed by atoms with Gasteiger partial charge in [0.15, 0.2) is 6.34 Å². The molecule has 1 N–H and O–H groups in total. The third-order valence-corrected chi connectivity index (χ3v) is 1.99. The second kappa shape index (κ2) is 8.98. The van der Waals surface area contributed by atoms with Gasteiger partial charge in [-0.25, -0.2) is 4.99 Å². The van der Waals surface area contributed by atoms with Gasteiger partial charge in [0.2, 0.25) is 0 Å². The lowest BCUT2D eigenvalue weighted by atomic mass is 10.2. The molecular formula is C10H17BF4N2. The third kappa shape index (κ3) is 14.9. The molecule has 0 radical (unpaired) electrons. The molecule has 0 aromatic rings. The Balaban J connectivity index is 0.000000437. The van der Waals surface area contributed by atoms with E-state index in [2.05, 4.69) is 17.8 Å². The predicted octanol–water partition coefficient (Wildman–Crippen LogP) is 2.43. The van der Waals surface area contributed by atoms with Crippen LogP contribution in [0.3, 0.4) is 0 Å². The fourth-order valence-electron chi connectivity index (χ4n) is 1.26. The zero-order valence-electron chi connectivity index (χ0n) is 9.59. The molecule has 0 amide bonds. The standard InChI is InChI=1S/C10H16N2.BF4/c1-2-3-4-5-6-8-12-9-7-11-10-12;2-1(3,4)5/h2,7,9-10H,1,3-6,8H2;/q;-1/p+1. The molecule has 0 fully saturated rings. The largest absolute Gasteiger partial charge is 0.673 e. The maximum absolute atomic E-state index is 9.75. The summed E-state index contributed by atoms with van der Waals surface area (Å²) < 4.78 is 39.0. The average Bonchev–Trinajstić information content (AvgIpc) is 2.67. The highest BCUT2D eigenvalue weighted by Gasteiger charge is 2.20. The van der Waals surface area contributed by atoms with Crippen molar-refractivity contribution in [2.45, 2.75) is 25.7 Å². The van der Waals surface area contributed by atoms with Gasteiger partial charge in [0.05, 0.1) is 12.7 Å². The van der Waals surface area contributed by atoms with Crippen LogP contribution >= 0.6 is 0 Å². The van der Waals surface area contributed by atoms with Gasteiger partial charge in [-0.05, 0) is 25.7 Å². The van der Waals surface area contributed by atoms with Crippen LogP contribution in [0.5, 0.6) is 0 Å². The number of rotatable bonds is 6. The van der Waals surface area contributed by atoms with E-state index in [1.807, 2.05) is 18.6 Å². The highest BCUT2D eigenvalue weighted by molar-refractivity contribution is 6.50. The molecule has 2 nitrogen and oxygen atoms in total. The fourth-order valence-corrected chi connectivity index (χ4v) is 1.26. The lowest BCUT2D eigenvalue weighted by molar-refractivity contribution is -0.736. The van der Waals surface area contributed by atoms with E-state index in [1.165, 1.54) is 30.7 Å². The van der Waals surface area contributed by atoms with Crippen LogP contribution in [0, 0.1) is 0 Å². The van der Waals surface area contributed by atoms with E-state index in [0.29, 0.717) is 0 Å². The van der Waals surface area contributed by atoms with Gasteiger partial charge in [-0.2, -0.15) is 0 Å². The highest BCUT2D eigenvalue weighted by Crippen LogP contribution is 2.06. The van der Waals surface area contributed by atoms with E-state index < -0.39 is 7.25 Å². The molecule has 1 rings (SSSR count). The van der Waals surface area contributed by atoms with E-state index in [-0.39, 0.29) is 0 Å². The van der Waals surface area contributed by atoms with E-state index in [0.717, 1.165) is 6.42 Å². The molecule has 1 unspecified atom stereocenters. The molecule has 0 saturated heterocycles. The molecule has 0 aliphatic carbocycles. The topological polar surface area (TPSA) is 16.8 Å². The van der Waals surface area contributed by atoms with Crippen molar-refractivity contribution in [3.8, 4) is 0 Å². The first-order valence-electron chi connectivity index (χ1n) is 5.47. The lowest BCUT2D eigenvalue weighted by Crippen LogP contribution is -3.05. The summed E-state index contributed by atoms with van der Waals surface area (Å²) in [6, 6.07) is 0. The summed E-state index contributed by atoms with van der Waals surface area (Å²) in [5.74, 6) is 0. The Bertz CT molecular complexity index is 246. The van der Waals surface area contributed by atoms with Crippen LogP contribution < -0.4 is 4.90 Å². The van der Waals surface area contributed by atoms with Crippen molar-refractivity contribution in [3.63, 3.8) is 0 Å². The van der Waals surface area contributed by atoms with E-state index in [9.17, 15) is 17.3 Å². The summed E-state index contributed by atoms with van der Waals surface area (Å²) in [4.78, 5) is 5.39. The average molecular weight is 252 g/mol. The van der Waals surface area contributed by atoms with Crippen LogP contribution in [-0.4, -0.2) is 20.1 Å². The first-order chi connectivity index (χ1) is 7.93.